The quantitative estimate of drug-likeness (QED) is 0.934. The number of hydrogen-bond acceptors (Lipinski definition) is 4. The van der Waals surface area contributed by atoms with Crippen LogP contribution in [-0.2, 0) is 6.54 Å². The van der Waals surface area contributed by atoms with Gasteiger partial charge in [-0.1, -0.05) is 6.07 Å². The molecule has 0 amide bonds. The summed E-state index contributed by atoms with van der Waals surface area (Å²) >= 11 is 0. The third-order valence-corrected chi connectivity index (χ3v) is 3.55. The first-order valence-electron chi connectivity index (χ1n) is 6.89. The summed E-state index contributed by atoms with van der Waals surface area (Å²) in [7, 11) is 0. The molecule has 2 heterocycles. The van der Waals surface area contributed by atoms with Crippen LogP contribution in [0, 0.1) is 5.82 Å². The summed E-state index contributed by atoms with van der Waals surface area (Å²) in [5, 5.41) is 0. The minimum atomic E-state index is -0.288. The molecule has 106 valence electrons. The third kappa shape index (κ3) is 3.05. The lowest BCUT2D eigenvalue weighted by Gasteiger charge is -2.29. The second-order valence-electron chi connectivity index (χ2n) is 5.29. The average molecular weight is 275 g/mol. The maximum atomic E-state index is 13.2. The van der Waals surface area contributed by atoms with E-state index in [-0.39, 0.29) is 11.9 Å². The Kier molecular flexibility index (Phi) is 3.80. The largest absolute Gasteiger partial charge is 0.444 e. The topological polar surface area (TPSA) is 55.3 Å². The van der Waals surface area contributed by atoms with Gasteiger partial charge in [0.1, 0.15) is 12.1 Å². The number of nitrogens with zero attached hydrogens (tertiary/aromatic N) is 2. The minimum absolute atomic E-state index is 0.248. The van der Waals surface area contributed by atoms with Gasteiger partial charge in [0.05, 0.1) is 5.69 Å². The molecule has 1 aromatic carbocycles. The summed E-state index contributed by atoms with van der Waals surface area (Å²) in [6.45, 7) is 2.66. The van der Waals surface area contributed by atoms with Gasteiger partial charge in [0.2, 0.25) is 5.89 Å². The van der Waals surface area contributed by atoms with E-state index in [1.165, 1.54) is 12.1 Å². The molecule has 0 aliphatic carbocycles. The molecule has 2 aromatic rings. The van der Waals surface area contributed by atoms with Crippen molar-refractivity contribution in [1.29, 1.82) is 0 Å². The van der Waals surface area contributed by atoms with E-state index in [1.807, 2.05) is 0 Å². The first-order chi connectivity index (χ1) is 9.70. The fourth-order valence-corrected chi connectivity index (χ4v) is 2.60. The van der Waals surface area contributed by atoms with Crippen LogP contribution < -0.4 is 5.73 Å². The Morgan fingerprint density at radius 1 is 1.45 bits per heavy atom. The van der Waals surface area contributed by atoms with E-state index in [9.17, 15) is 4.39 Å². The highest BCUT2D eigenvalue weighted by molar-refractivity contribution is 5.52. The molecular formula is C15H18FN3O. The number of likely N-dealkylation sites (tertiary alicyclic amines) is 1. The molecule has 1 aliphatic rings. The molecule has 1 saturated heterocycles. The smallest absolute Gasteiger partial charge is 0.226 e. The number of nitrogens with two attached hydrogens (primary N) is 1. The van der Waals surface area contributed by atoms with Crippen LogP contribution in [0.2, 0.25) is 0 Å². The first kappa shape index (κ1) is 13.3. The highest BCUT2D eigenvalue weighted by Gasteiger charge is 2.18. The minimum Gasteiger partial charge on any atom is -0.444 e. The van der Waals surface area contributed by atoms with E-state index < -0.39 is 0 Å². The zero-order chi connectivity index (χ0) is 13.9. The Bertz CT molecular complexity index is 584. The van der Waals surface area contributed by atoms with Crippen LogP contribution in [0.3, 0.4) is 0 Å². The molecule has 20 heavy (non-hydrogen) atoms. The summed E-state index contributed by atoms with van der Waals surface area (Å²) in [6.07, 6.45) is 3.85. The average Bonchev–Trinajstić information content (AvgIpc) is 2.87. The lowest BCUT2D eigenvalue weighted by molar-refractivity contribution is 0.199. The van der Waals surface area contributed by atoms with E-state index in [4.69, 9.17) is 10.2 Å². The molecule has 1 fully saturated rings. The predicted octanol–water partition coefficient (Wildman–Crippen LogP) is 2.40. The van der Waals surface area contributed by atoms with Gasteiger partial charge in [0.25, 0.3) is 0 Å². The highest BCUT2D eigenvalue weighted by Crippen LogP contribution is 2.20. The van der Waals surface area contributed by atoms with Crippen molar-refractivity contribution in [3.05, 3.63) is 42.0 Å². The van der Waals surface area contributed by atoms with E-state index in [2.05, 4.69) is 9.88 Å². The zero-order valence-electron chi connectivity index (χ0n) is 11.3. The number of hydrogen-bond donors (Lipinski definition) is 1. The highest BCUT2D eigenvalue weighted by atomic mass is 19.1. The number of benzene rings is 1. The molecular weight excluding hydrogens is 257 g/mol. The lowest BCUT2D eigenvalue weighted by Crippen LogP contribution is -2.42. The Morgan fingerprint density at radius 2 is 2.35 bits per heavy atom. The second-order valence-corrected chi connectivity index (χ2v) is 5.29. The van der Waals surface area contributed by atoms with Gasteiger partial charge in [-0.15, -0.1) is 0 Å². The van der Waals surface area contributed by atoms with Gasteiger partial charge < -0.3 is 10.2 Å². The van der Waals surface area contributed by atoms with E-state index >= 15 is 0 Å². The molecule has 1 atom stereocenters. The Morgan fingerprint density at radius 3 is 3.15 bits per heavy atom. The fourth-order valence-electron chi connectivity index (χ4n) is 2.60. The summed E-state index contributed by atoms with van der Waals surface area (Å²) in [5.41, 5.74) is 7.48. The molecule has 0 radical (unpaired) electrons. The number of oxazole rings is 1. The Hall–Kier alpha value is -1.72. The van der Waals surface area contributed by atoms with Gasteiger partial charge in [0, 0.05) is 24.7 Å². The molecule has 1 unspecified atom stereocenters. The summed E-state index contributed by atoms with van der Waals surface area (Å²) in [5.74, 6) is 0.171. The maximum Gasteiger partial charge on any atom is 0.226 e. The summed E-state index contributed by atoms with van der Waals surface area (Å²) < 4.78 is 18.6. The van der Waals surface area contributed by atoms with Crippen LogP contribution in [-0.4, -0.2) is 29.0 Å². The molecule has 3 rings (SSSR count). The second kappa shape index (κ2) is 5.73. The van der Waals surface area contributed by atoms with Crippen LogP contribution >= 0.6 is 0 Å². The lowest BCUT2D eigenvalue weighted by atomic mass is 10.1. The summed E-state index contributed by atoms with van der Waals surface area (Å²) in [6, 6.07) is 6.51. The molecule has 0 bridgehead atoms. The van der Waals surface area contributed by atoms with Gasteiger partial charge in [-0.3, -0.25) is 4.90 Å². The van der Waals surface area contributed by atoms with Crippen LogP contribution in [0.25, 0.3) is 11.5 Å². The van der Waals surface area contributed by atoms with Crippen molar-refractivity contribution in [2.45, 2.75) is 25.4 Å². The maximum absolute atomic E-state index is 13.2. The SMILES string of the molecule is NC1CCCN(Cc2coc(-c3cccc(F)c3)n2)C1. The van der Waals surface area contributed by atoms with E-state index in [0.29, 0.717) is 11.5 Å². The van der Waals surface area contributed by atoms with Crippen LogP contribution in [0.1, 0.15) is 18.5 Å². The molecule has 4 nitrogen and oxygen atoms in total. The first-order valence-corrected chi connectivity index (χ1v) is 6.89. The van der Waals surface area contributed by atoms with Crippen molar-refractivity contribution in [3.63, 3.8) is 0 Å². The van der Waals surface area contributed by atoms with Gasteiger partial charge in [-0.25, -0.2) is 9.37 Å². The Labute approximate surface area is 117 Å². The van der Waals surface area contributed by atoms with Crippen molar-refractivity contribution in [3.8, 4) is 11.5 Å². The fraction of sp³-hybridized carbons (Fsp3) is 0.400. The van der Waals surface area contributed by atoms with Crippen LogP contribution in [0.5, 0.6) is 0 Å². The molecule has 5 heteroatoms. The van der Waals surface area contributed by atoms with Gasteiger partial charge >= 0.3 is 0 Å². The number of rotatable bonds is 3. The van der Waals surface area contributed by atoms with E-state index in [1.54, 1.807) is 18.4 Å². The Balaban J connectivity index is 1.70. The van der Waals surface area contributed by atoms with E-state index in [0.717, 1.165) is 38.2 Å². The molecule has 2 N–H and O–H groups in total. The third-order valence-electron chi connectivity index (χ3n) is 3.55. The summed E-state index contributed by atoms with van der Waals surface area (Å²) in [4.78, 5) is 6.70. The van der Waals surface area contributed by atoms with Crippen molar-refractivity contribution in [1.82, 2.24) is 9.88 Å². The monoisotopic (exact) mass is 275 g/mol. The van der Waals surface area contributed by atoms with Gasteiger partial charge in [-0.2, -0.15) is 0 Å². The van der Waals surface area contributed by atoms with Crippen LogP contribution in [0.4, 0.5) is 4.39 Å². The van der Waals surface area contributed by atoms with Gasteiger partial charge in [0.15, 0.2) is 0 Å². The molecule has 1 aromatic heterocycles. The van der Waals surface area contributed by atoms with Crippen molar-refractivity contribution < 1.29 is 8.81 Å². The normalized spacial score (nSPS) is 20.2. The predicted molar refractivity (Wildman–Crippen MR) is 74.4 cm³/mol. The molecule has 0 spiro atoms. The number of aromatic nitrogens is 1. The zero-order valence-corrected chi connectivity index (χ0v) is 11.3. The van der Waals surface area contributed by atoms with Crippen molar-refractivity contribution in [2.75, 3.05) is 13.1 Å². The molecule has 1 aliphatic heterocycles. The van der Waals surface area contributed by atoms with Crippen molar-refractivity contribution in [2.24, 2.45) is 5.73 Å². The van der Waals surface area contributed by atoms with Crippen LogP contribution in [0.15, 0.2) is 34.9 Å². The number of piperidine rings is 1. The number of halogens is 1. The van der Waals surface area contributed by atoms with Crippen molar-refractivity contribution >= 4 is 0 Å². The van der Waals surface area contributed by atoms with Gasteiger partial charge in [-0.05, 0) is 37.6 Å². The standard InChI is InChI=1S/C15H18FN3O/c16-12-4-1-3-11(7-12)15-18-14(10-20-15)9-19-6-2-5-13(17)8-19/h1,3-4,7,10,13H,2,5-6,8-9,17H2. The molecule has 0 saturated carbocycles.